The lowest BCUT2D eigenvalue weighted by Crippen LogP contribution is -2.04. The molecular weight excluding hydrogens is 334 g/mol. The number of nitrogens with zero attached hydrogens (tertiary/aromatic N) is 2. The predicted octanol–water partition coefficient (Wildman–Crippen LogP) is 4.76. The molecule has 0 fully saturated rings. The zero-order valence-corrected chi connectivity index (χ0v) is 13.2. The maximum Gasteiger partial charge on any atom is 0.229 e. The lowest BCUT2D eigenvalue weighted by atomic mass is 10.2. The number of benzene rings is 2. The highest BCUT2D eigenvalue weighted by Gasteiger charge is 2.05. The normalized spacial score (nSPS) is 10.5. The van der Waals surface area contributed by atoms with Crippen molar-refractivity contribution in [1.82, 2.24) is 9.97 Å². The van der Waals surface area contributed by atoms with Gasteiger partial charge in [0.1, 0.15) is 5.82 Å². The predicted molar refractivity (Wildman–Crippen MR) is 90.5 cm³/mol. The van der Waals surface area contributed by atoms with Crippen LogP contribution in [0.2, 0.25) is 5.02 Å². The monoisotopic (exact) mass is 346 g/mol. The van der Waals surface area contributed by atoms with Gasteiger partial charge in [0.2, 0.25) is 5.95 Å². The Labute approximate surface area is 142 Å². The highest BCUT2D eigenvalue weighted by Crippen LogP contribution is 2.17. The van der Waals surface area contributed by atoms with E-state index in [1.165, 1.54) is 6.07 Å². The highest BCUT2D eigenvalue weighted by molar-refractivity contribution is 6.30. The van der Waals surface area contributed by atoms with Gasteiger partial charge >= 0.3 is 0 Å². The van der Waals surface area contributed by atoms with Crippen molar-refractivity contribution >= 4 is 29.1 Å². The minimum atomic E-state index is -0.933. The number of hydrogen-bond acceptors (Lipinski definition) is 4. The maximum atomic E-state index is 13.2. The number of rotatable bonds is 5. The molecular formula is C17H13ClF2N4. The first kappa shape index (κ1) is 16.1. The minimum absolute atomic E-state index is 0.280. The third kappa shape index (κ3) is 4.17. The molecule has 0 bridgehead atoms. The van der Waals surface area contributed by atoms with Gasteiger partial charge in [0.15, 0.2) is 11.6 Å². The van der Waals surface area contributed by atoms with Crippen LogP contribution in [-0.2, 0) is 6.54 Å². The standard InChI is InChI=1S/C17H13ClF2N4/c18-12-3-1-11(2-4-12)10-22-16-7-8-21-17(24-16)23-13-5-6-14(19)15(20)9-13/h1-9H,10H2,(H2,21,22,23,24). The third-order valence-corrected chi connectivity index (χ3v) is 3.47. The van der Waals surface area contributed by atoms with Crippen molar-refractivity contribution in [2.75, 3.05) is 10.6 Å². The first-order valence-electron chi connectivity index (χ1n) is 7.13. The SMILES string of the molecule is Fc1ccc(Nc2nccc(NCc3ccc(Cl)cc3)n2)cc1F. The van der Waals surface area contributed by atoms with Crippen LogP contribution < -0.4 is 10.6 Å². The smallest absolute Gasteiger partial charge is 0.229 e. The molecule has 0 radical (unpaired) electrons. The van der Waals surface area contributed by atoms with Crippen LogP contribution in [0.15, 0.2) is 54.7 Å². The fourth-order valence-corrected chi connectivity index (χ4v) is 2.14. The summed E-state index contributed by atoms with van der Waals surface area (Å²) in [4.78, 5) is 8.33. The lowest BCUT2D eigenvalue weighted by Gasteiger charge is -2.09. The molecule has 0 saturated heterocycles. The minimum Gasteiger partial charge on any atom is -0.366 e. The van der Waals surface area contributed by atoms with E-state index in [2.05, 4.69) is 20.6 Å². The topological polar surface area (TPSA) is 49.8 Å². The van der Waals surface area contributed by atoms with Crippen LogP contribution >= 0.6 is 11.6 Å². The molecule has 1 heterocycles. The van der Waals surface area contributed by atoms with E-state index in [1.54, 1.807) is 12.3 Å². The van der Waals surface area contributed by atoms with Crippen molar-refractivity contribution < 1.29 is 8.78 Å². The highest BCUT2D eigenvalue weighted by atomic mass is 35.5. The molecule has 0 aliphatic heterocycles. The van der Waals surface area contributed by atoms with E-state index in [4.69, 9.17) is 11.6 Å². The molecule has 2 N–H and O–H groups in total. The van der Waals surface area contributed by atoms with Crippen molar-refractivity contribution in [2.45, 2.75) is 6.54 Å². The van der Waals surface area contributed by atoms with Crippen LogP contribution in [0.3, 0.4) is 0 Å². The molecule has 0 unspecified atom stereocenters. The second kappa shape index (κ2) is 7.23. The molecule has 4 nitrogen and oxygen atoms in total. The Morgan fingerprint density at radius 1 is 0.958 bits per heavy atom. The fourth-order valence-electron chi connectivity index (χ4n) is 2.02. The molecule has 2 aromatic carbocycles. The third-order valence-electron chi connectivity index (χ3n) is 3.22. The van der Waals surface area contributed by atoms with E-state index >= 15 is 0 Å². The van der Waals surface area contributed by atoms with Crippen molar-refractivity contribution in [2.24, 2.45) is 0 Å². The molecule has 3 aromatic rings. The zero-order chi connectivity index (χ0) is 16.9. The van der Waals surface area contributed by atoms with Gasteiger partial charge in [-0.2, -0.15) is 4.98 Å². The summed E-state index contributed by atoms with van der Waals surface area (Å²) in [5.74, 6) is -0.955. The second-order valence-corrected chi connectivity index (χ2v) is 5.44. The molecule has 1 aromatic heterocycles. The molecule has 0 saturated carbocycles. The van der Waals surface area contributed by atoms with Gasteiger partial charge in [-0.15, -0.1) is 0 Å². The summed E-state index contributed by atoms with van der Waals surface area (Å²) in [5.41, 5.74) is 1.41. The average Bonchev–Trinajstić information content (AvgIpc) is 2.58. The number of nitrogens with one attached hydrogen (secondary N) is 2. The van der Waals surface area contributed by atoms with E-state index < -0.39 is 11.6 Å². The number of halogens is 3. The summed E-state index contributed by atoms with van der Waals surface area (Å²) in [7, 11) is 0. The summed E-state index contributed by atoms with van der Waals surface area (Å²) < 4.78 is 26.2. The van der Waals surface area contributed by atoms with Gasteiger partial charge in [-0.05, 0) is 35.9 Å². The van der Waals surface area contributed by atoms with Crippen molar-refractivity contribution in [3.63, 3.8) is 0 Å². The quantitative estimate of drug-likeness (QED) is 0.699. The Balaban J connectivity index is 1.67. The van der Waals surface area contributed by atoms with E-state index in [9.17, 15) is 8.78 Å². The van der Waals surface area contributed by atoms with Gasteiger partial charge in [-0.3, -0.25) is 0 Å². The van der Waals surface area contributed by atoms with Crippen molar-refractivity contribution in [1.29, 1.82) is 0 Å². The summed E-state index contributed by atoms with van der Waals surface area (Å²) in [6.45, 7) is 0.568. The largest absolute Gasteiger partial charge is 0.366 e. The van der Waals surface area contributed by atoms with Crippen molar-refractivity contribution in [3.05, 3.63) is 76.9 Å². The molecule has 0 aliphatic carbocycles. The summed E-state index contributed by atoms with van der Waals surface area (Å²) in [5, 5.41) is 6.67. The van der Waals surface area contributed by atoms with Crippen LogP contribution in [0.25, 0.3) is 0 Å². The van der Waals surface area contributed by atoms with Crippen LogP contribution in [0.5, 0.6) is 0 Å². The van der Waals surface area contributed by atoms with Crippen LogP contribution in [0, 0.1) is 11.6 Å². The van der Waals surface area contributed by atoms with E-state index in [0.717, 1.165) is 17.7 Å². The van der Waals surface area contributed by atoms with Crippen LogP contribution in [0.4, 0.5) is 26.2 Å². The molecule has 0 atom stereocenters. The Bertz CT molecular complexity index is 840. The van der Waals surface area contributed by atoms with Crippen molar-refractivity contribution in [3.8, 4) is 0 Å². The van der Waals surface area contributed by atoms with Crippen LogP contribution in [-0.4, -0.2) is 9.97 Å². The van der Waals surface area contributed by atoms with Gasteiger partial charge in [-0.25, -0.2) is 13.8 Å². The second-order valence-electron chi connectivity index (χ2n) is 5.00. The molecule has 0 aliphatic rings. The summed E-state index contributed by atoms with van der Waals surface area (Å²) in [6, 6.07) is 12.7. The summed E-state index contributed by atoms with van der Waals surface area (Å²) >= 11 is 5.85. The first-order valence-corrected chi connectivity index (χ1v) is 7.51. The number of hydrogen-bond donors (Lipinski definition) is 2. The summed E-state index contributed by atoms with van der Waals surface area (Å²) in [6.07, 6.45) is 1.57. The Kier molecular flexibility index (Phi) is 4.86. The van der Waals surface area contributed by atoms with E-state index in [0.29, 0.717) is 23.1 Å². The van der Waals surface area contributed by atoms with E-state index in [1.807, 2.05) is 24.3 Å². The number of anilines is 3. The molecule has 24 heavy (non-hydrogen) atoms. The van der Waals surface area contributed by atoms with Gasteiger partial charge < -0.3 is 10.6 Å². The Morgan fingerprint density at radius 3 is 2.50 bits per heavy atom. The number of aromatic nitrogens is 2. The van der Waals surface area contributed by atoms with Crippen LogP contribution in [0.1, 0.15) is 5.56 Å². The Hall–Kier alpha value is -2.73. The zero-order valence-electron chi connectivity index (χ0n) is 12.4. The average molecular weight is 347 g/mol. The van der Waals surface area contributed by atoms with E-state index in [-0.39, 0.29) is 5.95 Å². The molecule has 7 heteroatoms. The molecule has 0 amide bonds. The lowest BCUT2D eigenvalue weighted by molar-refractivity contribution is 0.509. The van der Waals surface area contributed by atoms with Gasteiger partial charge in [0.05, 0.1) is 0 Å². The fraction of sp³-hybridized carbons (Fsp3) is 0.0588. The first-order chi connectivity index (χ1) is 11.6. The Morgan fingerprint density at radius 2 is 1.75 bits per heavy atom. The van der Waals surface area contributed by atoms with Gasteiger partial charge in [-0.1, -0.05) is 23.7 Å². The van der Waals surface area contributed by atoms with Gasteiger partial charge in [0.25, 0.3) is 0 Å². The van der Waals surface area contributed by atoms with Gasteiger partial charge in [0, 0.05) is 29.5 Å². The molecule has 3 rings (SSSR count). The molecule has 0 spiro atoms. The maximum absolute atomic E-state index is 13.2. The molecule has 122 valence electrons.